The second-order valence-electron chi connectivity index (χ2n) is 6.60. The van der Waals surface area contributed by atoms with E-state index >= 15 is 0 Å². The van der Waals surface area contributed by atoms with Crippen molar-refractivity contribution in [1.29, 1.82) is 0 Å². The lowest BCUT2D eigenvalue weighted by molar-refractivity contribution is 0.0875. The molecule has 2 N–H and O–H groups in total. The smallest absolute Gasteiger partial charge is 0.264 e. The Labute approximate surface area is 123 Å². The van der Waals surface area contributed by atoms with Crippen LogP contribution >= 0.6 is 11.5 Å². The quantitative estimate of drug-likeness (QED) is 0.896. The average Bonchev–Trinajstić information content (AvgIpc) is 2.85. The number of nitrogens with zero attached hydrogens (tertiary/aromatic N) is 2. The van der Waals surface area contributed by atoms with Crippen molar-refractivity contribution < 1.29 is 9.90 Å². The molecule has 6 heteroatoms. The highest BCUT2D eigenvalue weighted by molar-refractivity contribution is 7.08. The summed E-state index contributed by atoms with van der Waals surface area (Å²) >= 11 is 1.15. The largest absolute Gasteiger partial charge is 0.393 e. The van der Waals surface area contributed by atoms with Crippen molar-refractivity contribution in [2.75, 3.05) is 6.54 Å². The molecule has 2 unspecified atom stereocenters. The SMILES string of the molecule is CC(C)(C)c1nnsc1C(=O)NCC1CCCC(O)C1. The minimum Gasteiger partial charge on any atom is -0.393 e. The Morgan fingerprint density at radius 2 is 2.20 bits per heavy atom. The van der Waals surface area contributed by atoms with Gasteiger partial charge in [0.1, 0.15) is 4.88 Å². The van der Waals surface area contributed by atoms with E-state index in [9.17, 15) is 9.90 Å². The number of aromatic nitrogens is 2. The van der Waals surface area contributed by atoms with E-state index in [1.807, 2.05) is 20.8 Å². The summed E-state index contributed by atoms with van der Waals surface area (Å²) in [6.07, 6.45) is 3.58. The van der Waals surface area contributed by atoms with Crippen LogP contribution in [0, 0.1) is 5.92 Å². The van der Waals surface area contributed by atoms with Crippen molar-refractivity contribution in [2.45, 2.75) is 58.0 Å². The highest BCUT2D eigenvalue weighted by atomic mass is 32.1. The summed E-state index contributed by atoms with van der Waals surface area (Å²) in [5.74, 6) is 0.284. The van der Waals surface area contributed by atoms with E-state index in [0.717, 1.165) is 42.9 Å². The van der Waals surface area contributed by atoms with Crippen LogP contribution in [-0.2, 0) is 5.41 Å². The van der Waals surface area contributed by atoms with Crippen LogP contribution in [0.25, 0.3) is 0 Å². The lowest BCUT2D eigenvalue weighted by Gasteiger charge is -2.26. The van der Waals surface area contributed by atoms with Crippen LogP contribution in [0.3, 0.4) is 0 Å². The highest BCUT2D eigenvalue weighted by Gasteiger charge is 2.27. The molecule has 0 radical (unpaired) electrons. The van der Waals surface area contributed by atoms with Gasteiger partial charge < -0.3 is 10.4 Å². The van der Waals surface area contributed by atoms with Crippen molar-refractivity contribution in [3.63, 3.8) is 0 Å². The monoisotopic (exact) mass is 297 g/mol. The first kappa shape index (κ1) is 15.4. The van der Waals surface area contributed by atoms with Crippen molar-refractivity contribution in [2.24, 2.45) is 5.92 Å². The summed E-state index contributed by atoms with van der Waals surface area (Å²) in [6.45, 7) is 6.70. The Morgan fingerprint density at radius 1 is 1.45 bits per heavy atom. The zero-order valence-electron chi connectivity index (χ0n) is 12.3. The third kappa shape index (κ3) is 3.76. The molecule has 112 valence electrons. The van der Waals surface area contributed by atoms with Crippen LogP contribution < -0.4 is 5.32 Å². The van der Waals surface area contributed by atoms with Crippen molar-refractivity contribution in [3.05, 3.63) is 10.6 Å². The van der Waals surface area contributed by atoms with Gasteiger partial charge in [-0.1, -0.05) is 31.7 Å². The number of hydrogen-bond acceptors (Lipinski definition) is 5. The number of rotatable bonds is 3. The van der Waals surface area contributed by atoms with Gasteiger partial charge in [-0.2, -0.15) is 0 Å². The number of aliphatic hydroxyl groups is 1. The molecule has 5 nitrogen and oxygen atoms in total. The van der Waals surface area contributed by atoms with Gasteiger partial charge >= 0.3 is 0 Å². The zero-order chi connectivity index (χ0) is 14.8. The fourth-order valence-corrected chi connectivity index (χ4v) is 3.39. The van der Waals surface area contributed by atoms with E-state index < -0.39 is 0 Å². The molecule has 1 aromatic rings. The van der Waals surface area contributed by atoms with Gasteiger partial charge in [0.2, 0.25) is 0 Å². The van der Waals surface area contributed by atoms with E-state index in [1.165, 1.54) is 0 Å². The van der Waals surface area contributed by atoms with Crippen LogP contribution in [0.2, 0.25) is 0 Å². The molecule has 1 saturated carbocycles. The summed E-state index contributed by atoms with van der Waals surface area (Å²) in [6, 6.07) is 0. The van der Waals surface area contributed by atoms with Gasteiger partial charge in [0.05, 0.1) is 11.8 Å². The van der Waals surface area contributed by atoms with E-state index in [0.29, 0.717) is 17.3 Å². The molecule has 1 amide bonds. The summed E-state index contributed by atoms with van der Waals surface area (Å²) in [7, 11) is 0. The number of carbonyl (C=O) groups excluding carboxylic acids is 1. The highest BCUT2D eigenvalue weighted by Crippen LogP contribution is 2.26. The molecule has 2 rings (SSSR count). The number of aliphatic hydroxyl groups excluding tert-OH is 1. The Bertz CT molecular complexity index is 467. The Hall–Kier alpha value is -1.01. The third-order valence-electron chi connectivity index (χ3n) is 3.71. The second-order valence-corrected chi connectivity index (χ2v) is 7.35. The van der Waals surface area contributed by atoms with Gasteiger partial charge in [-0.15, -0.1) is 5.10 Å². The molecule has 1 aliphatic rings. The van der Waals surface area contributed by atoms with Crippen molar-refractivity contribution >= 4 is 17.4 Å². The molecule has 0 bridgehead atoms. The lowest BCUT2D eigenvalue weighted by atomic mass is 9.87. The maximum atomic E-state index is 12.3. The maximum absolute atomic E-state index is 12.3. The molecule has 1 aromatic heterocycles. The average molecular weight is 297 g/mol. The van der Waals surface area contributed by atoms with Crippen molar-refractivity contribution in [3.8, 4) is 0 Å². The second kappa shape index (κ2) is 6.18. The number of carbonyl (C=O) groups is 1. The van der Waals surface area contributed by atoms with Crippen LogP contribution in [-0.4, -0.2) is 33.2 Å². The third-order valence-corrected chi connectivity index (χ3v) is 4.44. The van der Waals surface area contributed by atoms with Gasteiger partial charge in [-0.25, -0.2) is 0 Å². The Morgan fingerprint density at radius 3 is 2.85 bits per heavy atom. The topological polar surface area (TPSA) is 75.1 Å². The van der Waals surface area contributed by atoms with Gasteiger partial charge in [-0.05, 0) is 36.7 Å². The van der Waals surface area contributed by atoms with Crippen LogP contribution in [0.5, 0.6) is 0 Å². The van der Waals surface area contributed by atoms with E-state index in [-0.39, 0.29) is 17.4 Å². The molecule has 1 heterocycles. The first-order chi connectivity index (χ1) is 9.38. The van der Waals surface area contributed by atoms with Crippen LogP contribution in [0.15, 0.2) is 0 Å². The molecule has 1 fully saturated rings. The number of amides is 1. The van der Waals surface area contributed by atoms with Gasteiger partial charge in [0.15, 0.2) is 0 Å². The first-order valence-corrected chi connectivity index (χ1v) is 7.94. The van der Waals surface area contributed by atoms with E-state index in [1.54, 1.807) is 0 Å². The predicted molar refractivity (Wildman–Crippen MR) is 78.9 cm³/mol. The Balaban J connectivity index is 1.94. The van der Waals surface area contributed by atoms with Gasteiger partial charge in [-0.3, -0.25) is 4.79 Å². The molecule has 0 aromatic carbocycles. The zero-order valence-corrected chi connectivity index (χ0v) is 13.2. The summed E-state index contributed by atoms with van der Waals surface area (Å²) in [5.41, 5.74) is 0.574. The lowest BCUT2D eigenvalue weighted by Crippen LogP contribution is -2.33. The predicted octanol–water partition coefficient (Wildman–Crippen LogP) is 2.12. The Kier molecular flexibility index (Phi) is 4.75. The standard InChI is InChI=1S/C14H23N3O2S/c1-14(2,3)12-11(20-17-16-12)13(19)15-8-9-5-4-6-10(18)7-9/h9-10,18H,4-8H2,1-3H3,(H,15,19). The van der Waals surface area contributed by atoms with E-state index in [2.05, 4.69) is 14.9 Å². The fraction of sp³-hybridized carbons (Fsp3) is 0.786. The summed E-state index contributed by atoms with van der Waals surface area (Å²) in [4.78, 5) is 12.9. The molecule has 20 heavy (non-hydrogen) atoms. The number of hydrogen-bond donors (Lipinski definition) is 2. The molecular formula is C14H23N3O2S. The molecular weight excluding hydrogens is 274 g/mol. The first-order valence-electron chi connectivity index (χ1n) is 7.17. The van der Waals surface area contributed by atoms with Gasteiger partial charge in [0, 0.05) is 12.0 Å². The van der Waals surface area contributed by atoms with E-state index in [4.69, 9.17) is 0 Å². The molecule has 2 atom stereocenters. The molecule has 1 aliphatic carbocycles. The summed E-state index contributed by atoms with van der Waals surface area (Å²) < 4.78 is 3.91. The normalized spacial score (nSPS) is 23.6. The number of nitrogens with one attached hydrogen (secondary N) is 1. The summed E-state index contributed by atoms with van der Waals surface area (Å²) in [5, 5.41) is 16.7. The van der Waals surface area contributed by atoms with Gasteiger partial charge in [0.25, 0.3) is 5.91 Å². The molecule has 0 saturated heterocycles. The maximum Gasteiger partial charge on any atom is 0.264 e. The fourth-order valence-electron chi connectivity index (χ4n) is 2.60. The van der Waals surface area contributed by atoms with Crippen molar-refractivity contribution in [1.82, 2.24) is 14.9 Å². The molecule has 0 aliphatic heterocycles. The minimum atomic E-state index is -0.208. The van der Waals surface area contributed by atoms with Crippen LogP contribution in [0.4, 0.5) is 0 Å². The molecule has 0 spiro atoms. The van der Waals surface area contributed by atoms with Crippen LogP contribution in [0.1, 0.15) is 61.8 Å². The minimum absolute atomic E-state index is 0.0926.